The smallest absolute Gasteiger partial charge is 0.273 e. The third-order valence-corrected chi connectivity index (χ3v) is 3.75. The molecule has 1 heterocycles. The van der Waals surface area contributed by atoms with E-state index >= 15 is 0 Å². The Hall–Kier alpha value is -2.40. The first-order chi connectivity index (χ1) is 10.3. The predicted octanol–water partition coefficient (Wildman–Crippen LogP) is 2.85. The summed E-state index contributed by atoms with van der Waals surface area (Å²) in [6, 6.07) is 13.1. The van der Waals surface area contributed by atoms with Crippen molar-refractivity contribution in [2.45, 2.75) is 19.5 Å². The second-order valence-corrected chi connectivity index (χ2v) is 5.12. The van der Waals surface area contributed by atoms with E-state index in [9.17, 15) is 10.1 Å². The van der Waals surface area contributed by atoms with Crippen LogP contribution in [0.15, 0.2) is 42.5 Å². The summed E-state index contributed by atoms with van der Waals surface area (Å²) in [4.78, 5) is 10.6. The van der Waals surface area contributed by atoms with Crippen LogP contribution >= 0.6 is 0 Å². The topological polar surface area (TPSA) is 67.2 Å². The zero-order valence-corrected chi connectivity index (χ0v) is 11.6. The lowest BCUT2D eigenvalue weighted by Gasteiger charge is -2.10. The first kappa shape index (κ1) is 13.6. The number of anilines is 1. The molecular formula is C16H17N3O2. The van der Waals surface area contributed by atoms with Crippen LogP contribution in [-0.4, -0.2) is 11.5 Å². The molecule has 1 aliphatic rings. The molecule has 0 radical (unpaired) electrons. The van der Waals surface area contributed by atoms with Crippen LogP contribution in [0, 0.1) is 10.1 Å². The molecule has 0 bridgehead atoms. The highest BCUT2D eigenvalue weighted by molar-refractivity contribution is 5.61. The molecule has 2 aromatic carbocycles. The largest absolute Gasteiger partial charge is 0.384 e. The Kier molecular flexibility index (Phi) is 3.83. The first-order valence-corrected chi connectivity index (χ1v) is 7.03. The fourth-order valence-electron chi connectivity index (χ4n) is 2.73. The minimum atomic E-state index is -0.335. The number of benzene rings is 2. The molecule has 108 valence electrons. The van der Waals surface area contributed by atoms with Gasteiger partial charge in [0.25, 0.3) is 5.69 Å². The summed E-state index contributed by atoms with van der Waals surface area (Å²) in [5.74, 6) is 0. The van der Waals surface area contributed by atoms with Gasteiger partial charge in [-0.2, -0.15) is 0 Å². The van der Waals surface area contributed by atoms with E-state index in [0.29, 0.717) is 18.7 Å². The molecule has 2 aromatic rings. The van der Waals surface area contributed by atoms with Gasteiger partial charge in [0, 0.05) is 37.0 Å². The minimum absolute atomic E-state index is 0.168. The molecule has 0 aromatic heterocycles. The average Bonchev–Trinajstić information content (AvgIpc) is 2.97. The molecule has 1 aliphatic heterocycles. The fourth-order valence-corrected chi connectivity index (χ4v) is 2.73. The Balaban J connectivity index is 1.68. The van der Waals surface area contributed by atoms with E-state index in [1.807, 2.05) is 6.07 Å². The molecule has 0 saturated carbocycles. The van der Waals surface area contributed by atoms with Gasteiger partial charge in [0.05, 0.1) is 4.92 Å². The molecule has 21 heavy (non-hydrogen) atoms. The van der Waals surface area contributed by atoms with Gasteiger partial charge in [0.15, 0.2) is 0 Å². The van der Waals surface area contributed by atoms with Crippen molar-refractivity contribution < 1.29 is 4.92 Å². The van der Waals surface area contributed by atoms with E-state index in [-0.39, 0.29) is 10.6 Å². The Labute approximate surface area is 123 Å². The van der Waals surface area contributed by atoms with E-state index in [0.717, 1.165) is 13.0 Å². The molecule has 0 atom stereocenters. The van der Waals surface area contributed by atoms with Crippen LogP contribution in [0.2, 0.25) is 0 Å². The van der Waals surface area contributed by atoms with Crippen molar-refractivity contribution in [1.82, 2.24) is 5.32 Å². The number of para-hydroxylation sites is 2. The summed E-state index contributed by atoms with van der Waals surface area (Å²) >= 11 is 0. The van der Waals surface area contributed by atoms with E-state index < -0.39 is 0 Å². The van der Waals surface area contributed by atoms with Crippen LogP contribution in [0.3, 0.4) is 0 Å². The van der Waals surface area contributed by atoms with E-state index in [1.165, 1.54) is 16.8 Å². The summed E-state index contributed by atoms with van der Waals surface area (Å²) in [5, 5.41) is 17.7. The molecule has 0 unspecified atom stereocenters. The summed E-state index contributed by atoms with van der Waals surface area (Å²) < 4.78 is 0. The summed E-state index contributed by atoms with van der Waals surface area (Å²) in [6.07, 6.45) is 1.06. The molecule has 0 amide bonds. The number of nitro benzene ring substituents is 1. The molecule has 5 nitrogen and oxygen atoms in total. The van der Waals surface area contributed by atoms with Gasteiger partial charge >= 0.3 is 0 Å². The van der Waals surface area contributed by atoms with Crippen LogP contribution in [0.5, 0.6) is 0 Å². The zero-order chi connectivity index (χ0) is 14.7. The van der Waals surface area contributed by atoms with Gasteiger partial charge in [0.1, 0.15) is 0 Å². The predicted molar refractivity (Wildman–Crippen MR) is 82.3 cm³/mol. The normalized spacial score (nSPS) is 12.8. The van der Waals surface area contributed by atoms with Crippen molar-refractivity contribution in [3.8, 4) is 0 Å². The summed E-state index contributed by atoms with van der Waals surface area (Å²) in [5.41, 5.74) is 4.65. The number of rotatable bonds is 5. The molecule has 2 N–H and O–H groups in total. The maximum atomic E-state index is 11.0. The number of hydrogen-bond acceptors (Lipinski definition) is 4. The molecule has 0 fully saturated rings. The average molecular weight is 283 g/mol. The van der Waals surface area contributed by atoms with E-state index in [4.69, 9.17) is 0 Å². The van der Waals surface area contributed by atoms with Crippen molar-refractivity contribution in [3.63, 3.8) is 0 Å². The van der Waals surface area contributed by atoms with Gasteiger partial charge in [-0.1, -0.05) is 36.4 Å². The van der Waals surface area contributed by atoms with Crippen LogP contribution in [0.4, 0.5) is 11.4 Å². The third-order valence-electron chi connectivity index (χ3n) is 3.75. The van der Waals surface area contributed by atoms with Crippen molar-refractivity contribution in [3.05, 3.63) is 69.3 Å². The van der Waals surface area contributed by atoms with Crippen molar-refractivity contribution in [2.75, 3.05) is 11.9 Å². The minimum Gasteiger partial charge on any atom is -0.384 e. The van der Waals surface area contributed by atoms with Crippen molar-refractivity contribution >= 4 is 11.4 Å². The molecule has 0 spiro atoms. The third kappa shape index (κ3) is 2.87. The highest BCUT2D eigenvalue weighted by Gasteiger charge is 2.14. The molecule has 5 heteroatoms. The van der Waals surface area contributed by atoms with Gasteiger partial charge in [0.2, 0.25) is 0 Å². The Morgan fingerprint density at radius 2 is 1.86 bits per heavy atom. The number of fused-ring (bicyclic) bond motifs is 1. The molecule has 0 aliphatic carbocycles. The van der Waals surface area contributed by atoms with Gasteiger partial charge in [-0.3, -0.25) is 10.1 Å². The Bertz CT molecular complexity index is 670. The highest BCUT2D eigenvalue weighted by Crippen LogP contribution is 2.26. The van der Waals surface area contributed by atoms with Crippen LogP contribution < -0.4 is 10.6 Å². The van der Waals surface area contributed by atoms with E-state index in [1.54, 1.807) is 18.2 Å². The maximum absolute atomic E-state index is 11.0. The number of hydrogen-bond donors (Lipinski definition) is 2. The Morgan fingerprint density at radius 3 is 2.71 bits per heavy atom. The maximum Gasteiger partial charge on any atom is 0.273 e. The molecule has 3 rings (SSSR count). The van der Waals surface area contributed by atoms with E-state index in [2.05, 4.69) is 28.8 Å². The van der Waals surface area contributed by atoms with Crippen LogP contribution in [0.25, 0.3) is 0 Å². The quantitative estimate of drug-likeness (QED) is 0.654. The standard InChI is InChI=1S/C16H17N3O2/c20-19(21)15-7-2-1-4-13(15)10-17-11-14-6-3-5-12-8-9-18-16(12)14/h1-7,17-18H,8-11H2. The number of nitrogens with one attached hydrogen (secondary N) is 2. The summed E-state index contributed by atoms with van der Waals surface area (Å²) in [7, 11) is 0. The molecule has 0 saturated heterocycles. The lowest BCUT2D eigenvalue weighted by atomic mass is 10.1. The van der Waals surface area contributed by atoms with Crippen LogP contribution in [0.1, 0.15) is 16.7 Å². The lowest BCUT2D eigenvalue weighted by molar-refractivity contribution is -0.385. The monoisotopic (exact) mass is 283 g/mol. The van der Waals surface area contributed by atoms with Gasteiger partial charge < -0.3 is 10.6 Å². The summed E-state index contributed by atoms with van der Waals surface area (Å²) in [6.45, 7) is 2.17. The highest BCUT2D eigenvalue weighted by atomic mass is 16.6. The second kappa shape index (κ2) is 5.93. The first-order valence-electron chi connectivity index (χ1n) is 7.03. The Morgan fingerprint density at radius 1 is 1.10 bits per heavy atom. The second-order valence-electron chi connectivity index (χ2n) is 5.12. The van der Waals surface area contributed by atoms with Crippen molar-refractivity contribution in [2.24, 2.45) is 0 Å². The van der Waals surface area contributed by atoms with Gasteiger partial charge in [-0.15, -0.1) is 0 Å². The number of nitro groups is 1. The van der Waals surface area contributed by atoms with Crippen LogP contribution in [-0.2, 0) is 19.5 Å². The van der Waals surface area contributed by atoms with Crippen molar-refractivity contribution in [1.29, 1.82) is 0 Å². The van der Waals surface area contributed by atoms with Gasteiger partial charge in [-0.05, 0) is 17.5 Å². The fraction of sp³-hybridized carbons (Fsp3) is 0.250. The van der Waals surface area contributed by atoms with Gasteiger partial charge in [-0.25, -0.2) is 0 Å². The molecular weight excluding hydrogens is 266 g/mol. The number of nitrogens with zero attached hydrogens (tertiary/aromatic N) is 1. The zero-order valence-electron chi connectivity index (χ0n) is 11.6. The SMILES string of the molecule is O=[N+]([O-])c1ccccc1CNCc1cccc2c1NCC2. The lowest BCUT2D eigenvalue weighted by Crippen LogP contribution is -2.14.